The molecule has 0 aromatic carbocycles. The molecule has 2 rings (SSSR count). The van der Waals surface area contributed by atoms with Crippen LogP contribution in [0.3, 0.4) is 0 Å². The van der Waals surface area contributed by atoms with Crippen LogP contribution in [0.2, 0.25) is 0 Å². The number of carboxylic acids is 1. The highest BCUT2D eigenvalue weighted by atomic mass is 16.4. The van der Waals surface area contributed by atoms with E-state index < -0.39 is 5.97 Å². The molecule has 6 nitrogen and oxygen atoms in total. The number of pyridine rings is 1. The molecule has 0 aliphatic heterocycles. The molecule has 2 heterocycles. The molecule has 0 aliphatic rings. The molecular formula is C9H8N4O2. The van der Waals surface area contributed by atoms with Gasteiger partial charge in [0.1, 0.15) is 6.33 Å². The van der Waals surface area contributed by atoms with E-state index in [0.29, 0.717) is 11.4 Å². The van der Waals surface area contributed by atoms with Gasteiger partial charge in [0.15, 0.2) is 11.5 Å². The fraction of sp³-hybridized carbons (Fsp3) is 0.111. The van der Waals surface area contributed by atoms with Crippen LogP contribution < -0.4 is 0 Å². The number of aromatic carboxylic acids is 1. The average molecular weight is 204 g/mol. The van der Waals surface area contributed by atoms with E-state index in [2.05, 4.69) is 15.2 Å². The van der Waals surface area contributed by atoms with Gasteiger partial charge in [0.05, 0.1) is 5.56 Å². The minimum atomic E-state index is -1.08. The number of carboxylic acid groups (broad SMARTS) is 1. The van der Waals surface area contributed by atoms with Crippen molar-refractivity contribution in [1.82, 2.24) is 19.7 Å². The summed E-state index contributed by atoms with van der Waals surface area (Å²) in [7, 11) is 1.74. The number of hydrogen-bond donors (Lipinski definition) is 1. The smallest absolute Gasteiger partial charge is 0.355 e. The summed E-state index contributed by atoms with van der Waals surface area (Å²) in [5, 5.41) is 16.5. The molecule has 0 radical (unpaired) electrons. The minimum absolute atomic E-state index is 0.0198. The van der Waals surface area contributed by atoms with Crippen molar-refractivity contribution in [2.45, 2.75) is 0 Å². The van der Waals surface area contributed by atoms with Gasteiger partial charge < -0.3 is 9.67 Å². The first-order valence-electron chi connectivity index (χ1n) is 4.23. The molecule has 76 valence electrons. The van der Waals surface area contributed by atoms with Crippen LogP contribution in [0.15, 0.2) is 24.7 Å². The largest absolute Gasteiger partial charge is 0.476 e. The van der Waals surface area contributed by atoms with E-state index in [4.69, 9.17) is 5.11 Å². The summed E-state index contributed by atoms with van der Waals surface area (Å²) in [4.78, 5) is 14.7. The molecule has 0 bridgehead atoms. The first-order valence-corrected chi connectivity index (χ1v) is 4.23. The molecule has 0 atom stereocenters. The van der Waals surface area contributed by atoms with Crippen LogP contribution in [-0.2, 0) is 7.05 Å². The van der Waals surface area contributed by atoms with Crippen LogP contribution in [0, 0.1) is 0 Å². The highest BCUT2D eigenvalue weighted by Gasteiger charge is 2.15. The van der Waals surface area contributed by atoms with Crippen LogP contribution in [0.5, 0.6) is 0 Å². The Bertz CT molecular complexity index is 506. The van der Waals surface area contributed by atoms with E-state index >= 15 is 0 Å². The average Bonchev–Trinajstić information content (AvgIpc) is 2.64. The third kappa shape index (κ3) is 1.56. The first kappa shape index (κ1) is 9.32. The maximum absolute atomic E-state index is 10.9. The van der Waals surface area contributed by atoms with Crippen LogP contribution in [0.4, 0.5) is 0 Å². The maximum Gasteiger partial charge on any atom is 0.355 e. The van der Waals surface area contributed by atoms with Crippen molar-refractivity contribution in [1.29, 1.82) is 0 Å². The topological polar surface area (TPSA) is 80.9 Å². The van der Waals surface area contributed by atoms with Gasteiger partial charge in [-0.3, -0.25) is 0 Å². The SMILES string of the molecule is Cn1cnnc1-c1cccnc1C(=O)O. The van der Waals surface area contributed by atoms with Gasteiger partial charge >= 0.3 is 5.97 Å². The third-order valence-electron chi connectivity index (χ3n) is 1.96. The van der Waals surface area contributed by atoms with Crippen molar-refractivity contribution < 1.29 is 9.90 Å². The lowest BCUT2D eigenvalue weighted by atomic mass is 10.2. The second kappa shape index (κ2) is 3.49. The Hall–Kier alpha value is -2.24. The molecule has 0 saturated heterocycles. The van der Waals surface area contributed by atoms with Gasteiger partial charge in [0.25, 0.3) is 0 Å². The summed E-state index contributed by atoms with van der Waals surface area (Å²) < 4.78 is 1.64. The van der Waals surface area contributed by atoms with Gasteiger partial charge in [-0.2, -0.15) is 0 Å². The standard InChI is InChI=1S/C9H8N4O2/c1-13-5-11-12-8(13)6-3-2-4-10-7(6)9(14)15/h2-5H,1H3,(H,14,15). The Labute approximate surface area is 85.2 Å². The number of hydrogen-bond acceptors (Lipinski definition) is 4. The second-order valence-corrected chi connectivity index (χ2v) is 2.97. The molecule has 6 heteroatoms. The Balaban J connectivity index is 2.63. The van der Waals surface area contributed by atoms with Crippen molar-refractivity contribution in [2.75, 3.05) is 0 Å². The van der Waals surface area contributed by atoms with E-state index in [-0.39, 0.29) is 5.69 Å². The molecule has 0 saturated carbocycles. The quantitative estimate of drug-likeness (QED) is 0.773. The molecule has 0 fully saturated rings. The number of rotatable bonds is 2. The molecule has 0 spiro atoms. The summed E-state index contributed by atoms with van der Waals surface area (Å²) in [5.74, 6) is -0.589. The molecule has 0 aliphatic carbocycles. The Kier molecular flexibility index (Phi) is 2.17. The van der Waals surface area contributed by atoms with E-state index in [1.165, 1.54) is 12.5 Å². The maximum atomic E-state index is 10.9. The van der Waals surface area contributed by atoms with Crippen LogP contribution in [0.25, 0.3) is 11.4 Å². The third-order valence-corrected chi connectivity index (χ3v) is 1.96. The highest BCUT2D eigenvalue weighted by molar-refractivity contribution is 5.92. The summed E-state index contributed by atoms with van der Waals surface area (Å²) >= 11 is 0. The number of aryl methyl sites for hydroxylation is 1. The lowest BCUT2D eigenvalue weighted by Gasteiger charge is -2.02. The summed E-state index contributed by atoms with van der Waals surface area (Å²) in [6, 6.07) is 3.32. The van der Waals surface area contributed by atoms with Crippen LogP contribution >= 0.6 is 0 Å². The lowest BCUT2D eigenvalue weighted by molar-refractivity contribution is 0.0691. The van der Waals surface area contributed by atoms with Crippen molar-refractivity contribution >= 4 is 5.97 Å². The first-order chi connectivity index (χ1) is 7.20. The van der Waals surface area contributed by atoms with E-state index in [1.807, 2.05) is 0 Å². The molecule has 15 heavy (non-hydrogen) atoms. The van der Waals surface area contributed by atoms with Gasteiger partial charge in [-0.25, -0.2) is 9.78 Å². The predicted octanol–water partition coefficient (Wildman–Crippen LogP) is 0.575. The normalized spacial score (nSPS) is 10.2. The predicted molar refractivity (Wildman–Crippen MR) is 51.2 cm³/mol. The lowest BCUT2D eigenvalue weighted by Crippen LogP contribution is -2.04. The monoisotopic (exact) mass is 204 g/mol. The summed E-state index contributed by atoms with van der Waals surface area (Å²) in [6.45, 7) is 0. The van der Waals surface area contributed by atoms with Crippen molar-refractivity contribution in [3.8, 4) is 11.4 Å². The van der Waals surface area contributed by atoms with Crippen molar-refractivity contribution in [2.24, 2.45) is 7.05 Å². The van der Waals surface area contributed by atoms with Crippen molar-refractivity contribution in [3.63, 3.8) is 0 Å². The van der Waals surface area contributed by atoms with Crippen LogP contribution in [-0.4, -0.2) is 30.8 Å². The Morgan fingerprint density at radius 3 is 2.93 bits per heavy atom. The summed E-state index contributed by atoms with van der Waals surface area (Å²) in [6.07, 6.45) is 2.94. The number of carbonyl (C=O) groups is 1. The van der Waals surface area contributed by atoms with Crippen molar-refractivity contribution in [3.05, 3.63) is 30.4 Å². The van der Waals surface area contributed by atoms with Gasteiger partial charge in [-0.15, -0.1) is 10.2 Å². The fourth-order valence-corrected chi connectivity index (χ4v) is 1.28. The summed E-state index contributed by atoms with van der Waals surface area (Å²) in [5.41, 5.74) is 0.443. The van der Waals surface area contributed by atoms with Gasteiger partial charge in [-0.05, 0) is 12.1 Å². The van der Waals surface area contributed by atoms with Gasteiger partial charge in [-0.1, -0.05) is 0 Å². The number of nitrogens with zero attached hydrogens (tertiary/aromatic N) is 4. The zero-order chi connectivity index (χ0) is 10.8. The Morgan fingerprint density at radius 2 is 2.33 bits per heavy atom. The molecule has 0 unspecified atom stereocenters. The minimum Gasteiger partial charge on any atom is -0.476 e. The van der Waals surface area contributed by atoms with E-state index in [0.717, 1.165) is 0 Å². The van der Waals surface area contributed by atoms with E-state index in [1.54, 1.807) is 23.7 Å². The van der Waals surface area contributed by atoms with Gasteiger partial charge in [0.2, 0.25) is 0 Å². The fourth-order valence-electron chi connectivity index (χ4n) is 1.28. The molecule has 2 aromatic heterocycles. The van der Waals surface area contributed by atoms with Gasteiger partial charge in [0, 0.05) is 13.2 Å². The molecule has 0 amide bonds. The molecule has 1 N–H and O–H groups in total. The zero-order valence-corrected chi connectivity index (χ0v) is 7.95. The van der Waals surface area contributed by atoms with E-state index in [9.17, 15) is 4.79 Å². The second-order valence-electron chi connectivity index (χ2n) is 2.97. The number of aromatic nitrogens is 4. The zero-order valence-electron chi connectivity index (χ0n) is 7.95. The highest BCUT2D eigenvalue weighted by Crippen LogP contribution is 2.18. The Morgan fingerprint density at radius 1 is 1.53 bits per heavy atom. The molecule has 2 aromatic rings. The van der Waals surface area contributed by atoms with Crippen LogP contribution in [0.1, 0.15) is 10.5 Å². The molecular weight excluding hydrogens is 196 g/mol.